The molecule has 3 amide bonds. The minimum Gasteiger partial charge on any atom is -0.411 e. The molecule has 2 aromatic carbocycles. The van der Waals surface area contributed by atoms with E-state index < -0.39 is 11.9 Å². The highest BCUT2D eigenvalue weighted by Crippen LogP contribution is 2.25. The summed E-state index contributed by atoms with van der Waals surface area (Å²) in [5.74, 6) is -0.102. The Morgan fingerprint density at radius 3 is 2.41 bits per heavy atom. The van der Waals surface area contributed by atoms with Crippen molar-refractivity contribution in [3.8, 4) is 11.5 Å². The van der Waals surface area contributed by atoms with Crippen LogP contribution in [0, 0.1) is 13.8 Å². The second kappa shape index (κ2) is 10.8. The number of thioether (sulfide) groups is 1. The van der Waals surface area contributed by atoms with E-state index in [-0.39, 0.29) is 11.0 Å². The molecule has 0 atom stereocenters. The van der Waals surface area contributed by atoms with Gasteiger partial charge in [0.25, 0.3) is 5.22 Å². The van der Waals surface area contributed by atoms with E-state index >= 15 is 0 Å². The van der Waals surface area contributed by atoms with Crippen LogP contribution in [0.5, 0.6) is 0 Å². The minimum atomic E-state index is -0.581. The van der Waals surface area contributed by atoms with E-state index in [2.05, 4.69) is 39.6 Å². The van der Waals surface area contributed by atoms with Crippen molar-refractivity contribution < 1.29 is 14.0 Å². The third-order valence-corrected chi connectivity index (χ3v) is 5.68. The molecule has 0 radical (unpaired) electrons. The third kappa shape index (κ3) is 6.10. The number of carbonyl (C=O) groups excluding carboxylic acids is 2. The van der Waals surface area contributed by atoms with E-state index in [0.717, 1.165) is 47.2 Å². The number of rotatable bonds is 8. The van der Waals surface area contributed by atoms with Crippen LogP contribution in [-0.2, 0) is 4.79 Å². The summed E-state index contributed by atoms with van der Waals surface area (Å²) < 4.78 is 5.65. The quantitative estimate of drug-likeness (QED) is 0.479. The summed E-state index contributed by atoms with van der Waals surface area (Å²) in [6, 6.07) is 13.0. The highest BCUT2D eigenvalue weighted by molar-refractivity contribution is 7.99. The van der Waals surface area contributed by atoms with Gasteiger partial charge in [0.2, 0.25) is 11.8 Å². The van der Waals surface area contributed by atoms with Crippen LogP contribution in [0.3, 0.4) is 0 Å². The van der Waals surface area contributed by atoms with Crippen molar-refractivity contribution in [2.45, 2.75) is 32.9 Å². The maximum absolute atomic E-state index is 12.1. The van der Waals surface area contributed by atoms with Crippen LogP contribution in [0.25, 0.3) is 11.5 Å². The molecule has 0 saturated heterocycles. The van der Waals surface area contributed by atoms with Crippen LogP contribution >= 0.6 is 11.8 Å². The molecule has 0 aliphatic heterocycles. The van der Waals surface area contributed by atoms with Gasteiger partial charge in [0.05, 0.1) is 5.75 Å². The Labute approximate surface area is 191 Å². The largest absolute Gasteiger partial charge is 0.411 e. The van der Waals surface area contributed by atoms with Crippen molar-refractivity contribution in [1.29, 1.82) is 0 Å². The predicted octanol–water partition coefficient (Wildman–Crippen LogP) is 4.64. The van der Waals surface area contributed by atoms with Gasteiger partial charge in [0, 0.05) is 30.0 Å². The van der Waals surface area contributed by atoms with Gasteiger partial charge in [-0.05, 0) is 63.6 Å². The van der Waals surface area contributed by atoms with Crippen LogP contribution < -0.4 is 15.5 Å². The fourth-order valence-corrected chi connectivity index (χ4v) is 3.75. The number of imide groups is 1. The molecule has 168 valence electrons. The number of nitrogens with one attached hydrogen (secondary N) is 2. The van der Waals surface area contributed by atoms with E-state index in [0.29, 0.717) is 11.6 Å². The van der Waals surface area contributed by atoms with E-state index in [1.165, 1.54) is 0 Å². The molecule has 3 aromatic rings. The number of hydrogen-bond donors (Lipinski definition) is 2. The average molecular weight is 454 g/mol. The molecule has 32 heavy (non-hydrogen) atoms. The van der Waals surface area contributed by atoms with Gasteiger partial charge in [-0.2, -0.15) is 0 Å². The van der Waals surface area contributed by atoms with Gasteiger partial charge < -0.3 is 14.6 Å². The topological polar surface area (TPSA) is 100 Å². The van der Waals surface area contributed by atoms with Crippen molar-refractivity contribution in [2.75, 3.05) is 29.1 Å². The Morgan fingerprint density at radius 2 is 1.75 bits per heavy atom. The SMILES string of the molecule is CCN(CC)c1ccc(-c2nnc(SCC(=O)NC(=O)Nc3ccc(C)cc3C)o2)cc1. The molecule has 0 unspecified atom stereocenters. The second-order valence-corrected chi connectivity index (χ2v) is 8.13. The van der Waals surface area contributed by atoms with Crippen LogP contribution in [-0.4, -0.2) is 41.0 Å². The van der Waals surface area contributed by atoms with Crippen LogP contribution in [0.15, 0.2) is 52.1 Å². The number of aryl methyl sites for hydroxylation is 2. The normalized spacial score (nSPS) is 10.6. The van der Waals surface area contributed by atoms with Crippen LogP contribution in [0.2, 0.25) is 0 Å². The van der Waals surface area contributed by atoms with Crippen molar-refractivity contribution in [3.05, 3.63) is 53.6 Å². The minimum absolute atomic E-state index is 0.0250. The van der Waals surface area contributed by atoms with E-state index in [1.54, 1.807) is 6.07 Å². The van der Waals surface area contributed by atoms with Crippen LogP contribution in [0.4, 0.5) is 16.2 Å². The molecule has 1 heterocycles. The molecule has 2 N–H and O–H groups in total. The predicted molar refractivity (Wildman–Crippen MR) is 127 cm³/mol. The number of aromatic nitrogens is 2. The number of amides is 3. The molecule has 1 aromatic heterocycles. The fourth-order valence-electron chi connectivity index (χ4n) is 3.19. The Kier molecular flexibility index (Phi) is 7.88. The third-order valence-electron chi connectivity index (χ3n) is 4.86. The van der Waals surface area contributed by atoms with Gasteiger partial charge >= 0.3 is 6.03 Å². The zero-order chi connectivity index (χ0) is 23.1. The summed E-state index contributed by atoms with van der Waals surface area (Å²) in [5.41, 5.74) is 4.61. The molecular formula is C23H27N5O3S. The Bertz CT molecular complexity index is 1080. The fraction of sp³-hybridized carbons (Fsp3) is 0.304. The van der Waals surface area contributed by atoms with Gasteiger partial charge in [-0.3, -0.25) is 10.1 Å². The molecule has 9 heteroatoms. The monoisotopic (exact) mass is 453 g/mol. The summed E-state index contributed by atoms with van der Waals surface area (Å²) in [7, 11) is 0. The van der Waals surface area contributed by atoms with E-state index in [1.807, 2.05) is 50.2 Å². The first-order chi connectivity index (χ1) is 15.4. The first kappa shape index (κ1) is 23.3. The smallest absolute Gasteiger partial charge is 0.325 e. The lowest BCUT2D eigenvalue weighted by atomic mass is 10.1. The first-order valence-electron chi connectivity index (χ1n) is 10.4. The van der Waals surface area contributed by atoms with Gasteiger partial charge in [-0.1, -0.05) is 29.5 Å². The van der Waals surface area contributed by atoms with E-state index in [9.17, 15) is 9.59 Å². The molecule has 0 aliphatic carbocycles. The standard InChI is InChI=1S/C23H27N5O3S/c1-5-28(6-2)18-10-8-17(9-11-18)21-26-27-23(31-21)32-14-20(29)25-22(30)24-19-12-7-15(3)13-16(19)4/h7-13H,5-6,14H2,1-4H3,(H2,24,25,29,30). The Balaban J connectivity index is 1.51. The van der Waals surface area contributed by atoms with Gasteiger partial charge in [0.1, 0.15) is 0 Å². The van der Waals surface area contributed by atoms with Gasteiger partial charge in [-0.25, -0.2) is 4.79 Å². The summed E-state index contributed by atoms with van der Waals surface area (Å²) in [4.78, 5) is 26.4. The highest BCUT2D eigenvalue weighted by atomic mass is 32.2. The lowest BCUT2D eigenvalue weighted by Gasteiger charge is -2.20. The molecule has 0 bridgehead atoms. The zero-order valence-corrected chi connectivity index (χ0v) is 19.5. The van der Waals surface area contributed by atoms with Crippen molar-refractivity contribution in [2.24, 2.45) is 0 Å². The molecule has 8 nitrogen and oxygen atoms in total. The average Bonchev–Trinajstić information content (AvgIpc) is 3.25. The lowest BCUT2D eigenvalue weighted by molar-refractivity contribution is -0.117. The molecule has 0 spiro atoms. The Hall–Kier alpha value is -3.33. The molecule has 0 saturated carbocycles. The maximum Gasteiger partial charge on any atom is 0.325 e. The summed E-state index contributed by atoms with van der Waals surface area (Å²) in [6.07, 6.45) is 0. The summed E-state index contributed by atoms with van der Waals surface area (Å²) in [6.45, 7) is 9.96. The number of benzene rings is 2. The van der Waals surface area contributed by atoms with Crippen molar-refractivity contribution >= 4 is 35.1 Å². The van der Waals surface area contributed by atoms with Gasteiger partial charge in [-0.15, -0.1) is 10.2 Å². The Morgan fingerprint density at radius 1 is 1.03 bits per heavy atom. The molecule has 0 fully saturated rings. The first-order valence-corrected chi connectivity index (χ1v) is 11.4. The zero-order valence-electron chi connectivity index (χ0n) is 18.6. The summed E-state index contributed by atoms with van der Waals surface area (Å²) in [5, 5.41) is 13.3. The lowest BCUT2D eigenvalue weighted by Crippen LogP contribution is -2.35. The van der Waals surface area contributed by atoms with E-state index in [4.69, 9.17) is 4.42 Å². The summed E-state index contributed by atoms with van der Waals surface area (Å²) >= 11 is 1.07. The number of hydrogen-bond acceptors (Lipinski definition) is 7. The van der Waals surface area contributed by atoms with Crippen molar-refractivity contribution in [3.63, 3.8) is 0 Å². The second-order valence-electron chi connectivity index (χ2n) is 7.20. The highest BCUT2D eigenvalue weighted by Gasteiger charge is 2.14. The molecule has 3 rings (SSSR count). The maximum atomic E-state index is 12.1. The number of nitrogens with zero attached hydrogens (tertiary/aromatic N) is 3. The van der Waals surface area contributed by atoms with Crippen molar-refractivity contribution in [1.82, 2.24) is 15.5 Å². The molecular weight excluding hydrogens is 426 g/mol. The number of carbonyl (C=O) groups is 2. The molecule has 0 aliphatic rings. The van der Waals surface area contributed by atoms with Gasteiger partial charge in [0.15, 0.2) is 0 Å². The number of anilines is 2. The number of urea groups is 1. The van der Waals surface area contributed by atoms with Crippen LogP contribution in [0.1, 0.15) is 25.0 Å².